The van der Waals surface area contributed by atoms with E-state index in [1.807, 2.05) is 13.0 Å². The van der Waals surface area contributed by atoms with Crippen LogP contribution in [-0.4, -0.2) is 21.0 Å². The van der Waals surface area contributed by atoms with Gasteiger partial charge >= 0.3 is 0 Å². The standard InChI is InChI=1S/C15H20N2O2S/c1-3-6-13(4-2)17-20(18,19)14-9-8-12-7-5-10-16-15(12)11-14/h2,8-9,11,13,16-17H,3,5-7,10H2,1H3. The van der Waals surface area contributed by atoms with Gasteiger partial charge in [-0.25, -0.2) is 8.42 Å². The lowest BCUT2D eigenvalue weighted by molar-refractivity contribution is 0.564. The van der Waals surface area contributed by atoms with Crippen LogP contribution < -0.4 is 10.0 Å². The Morgan fingerprint density at radius 1 is 1.50 bits per heavy atom. The number of fused-ring (bicyclic) bond motifs is 1. The lowest BCUT2D eigenvalue weighted by atomic mass is 10.0. The quantitative estimate of drug-likeness (QED) is 0.817. The topological polar surface area (TPSA) is 58.2 Å². The number of hydrogen-bond acceptors (Lipinski definition) is 3. The van der Waals surface area contributed by atoms with Crippen molar-refractivity contribution in [3.05, 3.63) is 23.8 Å². The molecule has 108 valence electrons. The summed E-state index contributed by atoms with van der Waals surface area (Å²) in [7, 11) is -3.56. The Balaban J connectivity index is 2.23. The number of nitrogens with one attached hydrogen (secondary N) is 2. The molecular weight excluding hydrogens is 272 g/mol. The van der Waals surface area contributed by atoms with Crippen LogP contribution in [-0.2, 0) is 16.4 Å². The van der Waals surface area contributed by atoms with E-state index in [1.165, 1.54) is 0 Å². The molecule has 0 bridgehead atoms. The van der Waals surface area contributed by atoms with Crippen LogP contribution in [0.3, 0.4) is 0 Å². The fourth-order valence-electron chi connectivity index (χ4n) is 2.33. The Morgan fingerprint density at radius 3 is 3.00 bits per heavy atom. The minimum atomic E-state index is -3.56. The molecule has 2 rings (SSSR count). The van der Waals surface area contributed by atoms with E-state index in [0.29, 0.717) is 6.42 Å². The summed E-state index contributed by atoms with van der Waals surface area (Å²) in [4.78, 5) is 0.266. The zero-order chi connectivity index (χ0) is 14.6. The molecule has 0 saturated heterocycles. The van der Waals surface area contributed by atoms with Crippen molar-refractivity contribution in [2.45, 2.75) is 43.5 Å². The zero-order valence-corrected chi connectivity index (χ0v) is 12.5. The molecule has 1 aliphatic rings. The first kappa shape index (κ1) is 14.9. The summed E-state index contributed by atoms with van der Waals surface area (Å²) >= 11 is 0. The number of hydrogen-bond donors (Lipinski definition) is 2. The minimum absolute atomic E-state index is 0.266. The average Bonchev–Trinajstić information content (AvgIpc) is 2.46. The molecule has 2 N–H and O–H groups in total. The van der Waals surface area contributed by atoms with Crippen molar-refractivity contribution < 1.29 is 8.42 Å². The van der Waals surface area contributed by atoms with Gasteiger partial charge in [0, 0.05) is 12.2 Å². The molecule has 1 aromatic rings. The smallest absolute Gasteiger partial charge is 0.241 e. The van der Waals surface area contributed by atoms with E-state index in [-0.39, 0.29) is 4.90 Å². The van der Waals surface area contributed by atoms with E-state index in [9.17, 15) is 8.42 Å². The van der Waals surface area contributed by atoms with Gasteiger partial charge in [0.25, 0.3) is 0 Å². The van der Waals surface area contributed by atoms with E-state index in [1.54, 1.807) is 12.1 Å². The van der Waals surface area contributed by atoms with E-state index in [4.69, 9.17) is 6.42 Å². The van der Waals surface area contributed by atoms with Crippen LogP contribution in [0.25, 0.3) is 0 Å². The van der Waals surface area contributed by atoms with E-state index in [0.717, 1.165) is 37.1 Å². The molecule has 5 heteroatoms. The Kier molecular flexibility index (Phi) is 4.69. The maximum Gasteiger partial charge on any atom is 0.241 e. The third-order valence-electron chi connectivity index (χ3n) is 3.41. The third kappa shape index (κ3) is 3.33. The molecule has 1 unspecified atom stereocenters. The molecule has 1 aromatic carbocycles. The average molecular weight is 292 g/mol. The van der Waals surface area contributed by atoms with Crippen molar-refractivity contribution in [1.29, 1.82) is 0 Å². The summed E-state index contributed by atoms with van der Waals surface area (Å²) in [6, 6.07) is 4.76. The van der Waals surface area contributed by atoms with E-state index < -0.39 is 16.1 Å². The summed E-state index contributed by atoms with van der Waals surface area (Å²) in [5, 5.41) is 3.24. The van der Waals surface area contributed by atoms with Gasteiger partial charge in [-0.3, -0.25) is 0 Å². The van der Waals surface area contributed by atoms with Gasteiger partial charge in [-0.15, -0.1) is 6.42 Å². The number of aryl methyl sites for hydroxylation is 1. The number of benzene rings is 1. The normalized spacial score (nSPS) is 15.8. The number of anilines is 1. The second-order valence-corrected chi connectivity index (χ2v) is 6.69. The maximum atomic E-state index is 12.3. The Hall–Kier alpha value is -1.51. The SMILES string of the molecule is C#CC(CCC)NS(=O)(=O)c1ccc2c(c1)NCCC2. The molecule has 1 heterocycles. The van der Waals surface area contributed by atoms with Crippen molar-refractivity contribution in [3.8, 4) is 12.3 Å². The third-order valence-corrected chi connectivity index (χ3v) is 4.88. The first-order chi connectivity index (χ1) is 9.56. The largest absolute Gasteiger partial charge is 0.385 e. The highest BCUT2D eigenvalue weighted by Crippen LogP contribution is 2.25. The zero-order valence-electron chi connectivity index (χ0n) is 11.6. The number of sulfonamides is 1. The highest BCUT2D eigenvalue weighted by Gasteiger charge is 2.20. The van der Waals surface area contributed by atoms with Crippen LogP contribution in [0, 0.1) is 12.3 Å². The molecule has 1 aliphatic heterocycles. The summed E-state index contributed by atoms with van der Waals surface area (Å²) in [5.41, 5.74) is 2.07. The molecule has 0 fully saturated rings. The number of terminal acetylenes is 1. The summed E-state index contributed by atoms with van der Waals surface area (Å²) in [5.74, 6) is 2.49. The van der Waals surface area contributed by atoms with Crippen LogP contribution in [0.2, 0.25) is 0 Å². The van der Waals surface area contributed by atoms with Gasteiger partial charge in [0.1, 0.15) is 0 Å². The van der Waals surface area contributed by atoms with Crippen molar-refractivity contribution in [2.24, 2.45) is 0 Å². The Morgan fingerprint density at radius 2 is 2.30 bits per heavy atom. The maximum absolute atomic E-state index is 12.3. The minimum Gasteiger partial charge on any atom is -0.385 e. The van der Waals surface area contributed by atoms with Gasteiger partial charge in [-0.1, -0.05) is 25.3 Å². The fraction of sp³-hybridized carbons (Fsp3) is 0.467. The van der Waals surface area contributed by atoms with Crippen molar-refractivity contribution in [3.63, 3.8) is 0 Å². The Bertz CT molecular complexity index is 617. The predicted octanol–water partition coefficient (Wildman–Crippen LogP) is 2.12. The molecule has 4 nitrogen and oxygen atoms in total. The lowest BCUT2D eigenvalue weighted by Crippen LogP contribution is -2.33. The molecule has 0 aromatic heterocycles. The second-order valence-electron chi connectivity index (χ2n) is 4.98. The van der Waals surface area contributed by atoms with E-state index in [2.05, 4.69) is 16.0 Å². The van der Waals surface area contributed by atoms with Gasteiger partial charge in [-0.05, 0) is 37.0 Å². The molecule has 0 spiro atoms. The highest BCUT2D eigenvalue weighted by molar-refractivity contribution is 7.89. The molecular formula is C15H20N2O2S. The van der Waals surface area contributed by atoms with Gasteiger partial charge in [0.15, 0.2) is 0 Å². The van der Waals surface area contributed by atoms with Crippen LogP contribution in [0.4, 0.5) is 5.69 Å². The van der Waals surface area contributed by atoms with Gasteiger partial charge in [-0.2, -0.15) is 4.72 Å². The molecule has 20 heavy (non-hydrogen) atoms. The van der Waals surface area contributed by atoms with Crippen molar-refractivity contribution >= 4 is 15.7 Å². The van der Waals surface area contributed by atoms with Gasteiger partial charge < -0.3 is 5.32 Å². The monoisotopic (exact) mass is 292 g/mol. The summed E-state index contributed by atoms with van der Waals surface area (Å²) in [6.07, 6.45) is 8.90. The molecule has 0 aliphatic carbocycles. The van der Waals surface area contributed by atoms with Gasteiger partial charge in [0.2, 0.25) is 10.0 Å². The first-order valence-electron chi connectivity index (χ1n) is 6.92. The second kappa shape index (κ2) is 6.29. The van der Waals surface area contributed by atoms with Crippen molar-refractivity contribution in [1.82, 2.24) is 4.72 Å². The van der Waals surface area contributed by atoms with Crippen LogP contribution in [0.5, 0.6) is 0 Å². The fourth-order valence-corrected chi connectivity index (χ4v) is 3.54. The highest BCUT2D eigenvalue weighted by atomic mass is 32.2. The summed E-state index contributed by atoms with van der Waals surface area (Å²) < 4.78 is 27.2. The molecule has 0 saturated carbocycles. The predicted molar refractivity (Wildman–Crippen MR) is 81.1 cm³/mol. The summed E-state index contributed by atoms with van der Waals surface area (Å²) in [6.45, 7) is 2.86. The van der Waals surface area contributed by atoms with Crippen LogP contribution >= 0.6 is 0 Å². The van der Waals surface area contributed by atoms with Gasteiger partial charge in [0.05, 0.1) is 10.9 Å². The van der Waals surface area contributed by atoms with Crippen molar-refractivity contribution in [2.75, 3.05) is 11.9 Å². The first-order valence-corrected chi connectivity index (χ1v) is 8.40. The Labute approximate surface area is 121 Å². The number of rotatable bonds is 5. The van der Waals surface area contributed by atoms with E-state index >= 15 is 0 Å². The van der Waals surface area contributed by atoms with Crippen LogP contribution in [0.15, 0.2) is 23.1 Å². The molecule has 0 amide bonds. The molecule has 0 radical (unpaired) electrons. The van der Waals surface area contributed by atoms with Crippen LogP contribution in [0.1, 0.15) is 31.7 Å². The lowest BCUT2D eigenvalue weighted by Gasteiger charge is -2.19. The molecule has 1 atom stereocenters.